The van der Waals surface area contributed by atoms with Gasteiger partial charge in [-0.1, -0.05) is 38.1 Å². The van der Waals surface area contributed by atoms with Crippen LogP contribution in [0.3, 0.4) is 0 Å². The number of rotatable bonds is 3. The topological polar surface area (TPSA) is 29.5 Å². The number of aryl methyl sites for hydroxylation is 2. The second-order valence-corrected chi connectivity index (χ2v) is 4.22. The van der Waals surface area contributed by atoms with Crippen molar-refractivity contribution in [2.24, 2.45) is 0 Å². The molecule has 0 spiro atoms. The summed E-state index contributed by atoms with van der Waals surface area (Å²) in [6.07, 6.45) is 2.12. The van der Waals surface area contributed by atoms with Crippen LogP contribution >= 0.6 is 0 Å². The van der Waals surface area contributed by atoms with Gasteiger partial charge in [-0.15, -0.1) is 0 Å². The van der Waals surface area contributed by atoms with Gasteiger partial charge in [0.25, 0.3) is 0 Å². The van der Waals surface area contributed by atoms with Crippen LogP contribution in [-0.4, -0.2) is 12.2 Å². The van der Waals surface area contributed by atoms with Gasteiger partial charge in [0.1, 0.15) is 11.5 Å². The van der Waals surface area contributed by atoms with Crippen LogP contribution in [0.1, 0.15) is 25.0 Å². The number of hydrogen-bond acceptors (Lipinski definition) is 2. The van der Waals surface area contributed by atoms with Gasteiger partial charge in [0.05, 0.1) is 7.11 Å². The van der Waals surface area contributed by atoms with Gasteiger partial charge < -0.3 is 9.84 Å². The van der Waals surface area contributed by atoms with Gasteiger partial charge in [-0.05, 0) is 48.2 Å². The molecule has 0 fully saturated rings. The maximum atomic E-state index is 8.85. The third kappa shape index (κ3) is 5.47. The Bertz CT molecular complexity index is 435. The van der Waals surface area contributed by atoms with E-state index in [1.165, 1.54) is 11.1 Å². The Hall–Kier alpha value is -1.96. The predicted molar refractivity (Wildman–Crippen MR) is 79.9 cm³/mol. The minimum atomic E-state index is 0.340. The van der Waals surface area contributed by atoms with Crippen LogP contribution in [0, 0.1) is 0 Å². The maximum absolute atomic E-state index is 8.85. The van der Waals surface area contributed by atoms with E-state index in [0.717, 1.165) is 18.6 Å². The van der Waals surface area contributed by atoms with Gasteiger partial charge in [0.2, 0.25) is 0 Å². The highest BCUT2D eigenvalue weighted by atomic mass is 16.5. The van der Waals surface area contributed by atoms with Crippen LogP contribution in [0.2, 0.25) is 0 Å². The molecule has 2 nitrogen and oxygen atoms in total. The van der Waals surface area contributed by atoms with Gasteiger partial charge in [-0.3, -0.25) is 0 Å². The first-order chi connectivity index (χ1) is 9.19. The molecule has 0 aliphatic heterocycles. The summed E-state index contributed by atoms with van der Waals surface area (Å²) >= 11 is 0. The molecule has 2 heteroatoms. The SMILES string of the molecule is CCc1ccc(O)cc1.CCc1ccc(OC)cc1. The average Bonchev–Trinajstić information content (AvgIpc) is 2.49. The summed E-state index contributed by atoms with van der Waals surface area (Å²) in [5.41, 5.74) is 2.61. The van der Waals surface area contributed by atoms with Crippen molar-refractivity contribution in [1.82, 2.24) is 0 Å². The molecule has 0 aromatic heterocycles. The largest absolute Gasteiger partial charge is 0.508 e. The average molecular weight is 258 g/mol. The van der Waals surface area contributed by atoms with Crippen molar-refractivity contribution in [3.05, 3.63) is 59.7 Å². The van der Waals surface area contributed by atoms with Crippen LogP contribution in [-0.2, 0) is 12.8 Å². The molecule has 0 unspecified atom stereocenters. The number of aromatic hydroxyl groups is 1. The number of benzene rings is 2. The molecule has 2 aromatic carbocycles. The Labute approximate surface area is 115 Å². The Balaban J connectivity index is 0.000000191. The molecule has 0 aliphatic carbocycles. The number of phenolic OH excluding ortho intramolecular Hbond substituents is 1. The van der Waals surface area contributed by atoms with Crippen molar-refractivity contribution >= 4 is 0 Å². The fraction of sp³-hybridized carbons (Fsp3) is 0.294. The molecule has 0 aliphatic rings. The quantitative estimate of drug-likeness (QED) is 0.893. The van der Waals surface area contributed by atoms with Crippen LogP contribution in [0.5, 0.6) is 11.5 Å². The Kier molecular flexibility index (Phi) is 6.51. The van der Waals surface area contributed by atoms with Gasteiger partial charge in [0, 0.05) is 0 Å². The van der Waals surface area contributed by atoms with E-state index in [-0.39, 0.29) is 0 Å². The van der Waals surface area contributed by atoms with Crippen molar-refractivity contribution in [1.29, 1.82) is 0 Å². The van der Waals surface area contributed by atoms with E-state index in [1.54, 1.807) is 19.2 Å². The molecule has 0 atom stereocenters. The summed E-state index contributed by atoms with van der Waals surface area (Å²) < 4.78 is 5.01. The molecular formula is C17H22O2. The molecule has 0 saturated carbocycles. The smallest absolute Gasteiger partial charge is 0.118 e. The minimum absolute atomic E-state index is 0.340. The van der Waals surface area contributed by atoms with Crippen molar-refractivity contribution in [2.75, 3.05) is 7.11 Å². The second kappa shape index (κ2) is 8.20. The van der Waals surface area contributed by atoms with E-state index < -0.39 is 0 Å². The Morgan fingerprint density at radius 2 is 1.21 bits per heavy atom. The van der Waals surface area contributed by atoms with Gasteiger partial charge >= 0.3 is 0 Å². The predicted octanol–water partition coefficient (Wildman–Crippen LogP) is 4.21. The summed E-state index contributed by atoms with van der Waals surface area (Å²) in [4.78, 5) is 0. The molecule has 0 amide bonds. The van der Waals surface area contributed by atoms with E-state index in [2.05, 4.69) is 26.0 Å². The van der Waals surface area contributed by atoms with E-state index in [1.807, 2.05) is 24.3 Å². The lowest BCUT2D eigenvalue weighted by atomic mass is 10.2. The number of methoxy groups -OCH3 is 1. The van der Waals surface area contributed by atoms with Crippen LogP contribution in [0.25, 0.3) is 0 Å². The third-order valence-electron chi connectivity index (χ3n) is 2.91. The summed E-state index contributed by atoms with van der Waals surface area (Å²) in [6.45, 7) is 4.23. The highest BCUT2D eigenvalue weighted by molar-refractivity contribution is 5.27. The van der Waals surface area contributed by atoms with Gasteiger partial charge in [-0.25, -0.2) is 0 Å². The summed E-state index contributed by atoms with van der Waals surface area (Å²) in [7, 11) is 1.68. The van der Waals surface area contributed by atoms with E-state index in [4.69, 9.17) is 9.84 Å². The summed E-state index contributed by atoms with van der Waals surface area (Å²) in [5.74, 6) is 1.27. The van der Waals surface area contributed by atoms with Crippen LogP contribution in [0.4, 0.5) is 0 Å². The van der Waals surface area contributed by atoms with Gasteiger partial charge in [0.15, 0.2) is 0 Å². The lowest BCUT2D eigenvalue weighted by molar-refractivity contribution is 0.414. The van der Waals surface area contributed by atoms with Crippen molar-refractivity contribution in [3.8, 4) is 11.5 Å². The maximum Gasteiger partial charge on any atom is 0.118 e. The first-order valence-electron chi connectivity index (χ1n) is 6.60. The minimum Gasteiger partial charge on any atom is -0.508 e. The fourth-order valence-electron chi connectivity index (χ4n) is 1.59. The zero-order valence-electron chi connectivity index (χ0n) is 11.9. The number of phenols is 1. The number of ether oxygens (including phenoxy) is 1. The fourth-order valence-corrected chi connectivity index (χ4v) is 1.59. The monoisotopic (exact) mass is 258 g/mol. The molecule has 102 valence electrons. The standard InChI is InChI=1S/C9H12O.C8H10O/c1-3-8-4-6-9(10-2)7-5-8;1-2-7-3-5-8(9)6-4-7/h4-7H,3H2,1-2H3;3-6,9H,2H2,1H3. The highest BCUT2D eigenvalue weighted by Gasteiger charge is 1.89. The van der Waals surface area contributed by atoms with Crippen LogP contribution < -0.4 is 4.74 Å². The molecule has 1 N–H and O–H groups in total. The summed E-state index contributed by atoms with van der Waals surface area (Å²) in [5, 5.41) is 8.85. The molecule has 19 heavy (non-hydrogen) atoms. The molecule has 0 bridgehead atoms. The molecular weight excluding hydrogens is 236 g/mol. The second-order valence-electron chi connectivity index (χ2n) is 4.22. The van der Waals surface area contributed by atoms with Crippen molar-refractivity contribution < 1.29 is 9.84 Å². The van der Waals surface area contributed by atoms with E-state index >= 15 is 0 Å². The Morgan fingerprint density at radius 3 is 1.58 bits per heavy atom. The zero-order chi connectivity index (χ0) is 14.1. The molecule has 2 aromatic rings. The van der Waals surface area contributed by atoms with Gasteiger partial charge in [-0.2, -0.15) is 0 Å². The first kappa shape index (κ1) is 15.1. The summed E-state index contributed by atoms with van der Waals surface area (Å²) in [6, 6.07) is 15.4. The lowest BCUT2D eigenvalue weighted by Crippen LogP contribution is -1.83. The van der Waals surface area contributed by atoms with E-state index in [9.17, 15) is 0 Å². The van der Waals surface area contributed by atoms with Crippen molar-refractivity contribution in [3.63, 3.8) is 0 Å². The van der Waals surface area contributed by atoms with Crippen LogP contribution in [0.15, 0.2) is 48.5 Å². The molecule has 0 radical (unpaired) electrons. The lowest BCUT2D eigenvalue weighted by Gasteiger charge is -1.99. The van der Waals surface area contributed by atoms with Crippen molar-refractivity contribution in [2.45, 2.75) is 26.7 Å². The Morgan fingerprint density at radius 1 is 0.789 bits per heavy atom. The first-order valence-corrected chi connectivity index (χ1v) is 6.60. The normalized spacial score (nSPS) is 9.42. The molecule has 2 rings (SSSR count). The molecule has 0 heterocycles. The highest BCUT2D eigenvalue weighted by Crippen LogP contribution is 2.11. The number of hydrogen-bond donors (Lipinski definition) is 1. The molecule has 0 saturated heterocycles. The third-order valence-corrected chi connectivity index (χ3v) is 2.91. The van der Waals surface area contributed by atoms with E-state index in [0.29, 0.717) is 5.75 Å². The zero-order valence-corrected chi connectivity index (χ0v) is 11.9.